The Hall–Kier alpha value is -3.41. The van der Waals surface area contributed by atoms with E-state index in [4.69, 9.17) is 4.74 Å². The number of hydrogen-bond acceptors (Lipinski definition) is 4. The number of carbonyl (C=O) groups is 1. The number of para-hydroxylation sites is 1. The average molecular weight is 349 g/mol. The van der Waals surface area contributed by atoms with E-state index >= 15 is 0 Å². The molecule has 0 unspecified atom stereocenters. The van der Waals surface area contributed by atoms with Crippen LogP contribution in [0.2, 0.25) is 0 Å². The van der Waals surface area contributed by atoms with E-state index in [2.05, 4.69) is 10.4 Å². The number of rotatable bonds is 6. The van der Waals surface area contributed by atoms with E-state index in [1.54, 1.807) is 24.3 Å². The van der Waals surface area contributed by atoms with Crippen LogP contribution in [0.5, 0.6) is 5.75 Å². The van der Waals surface area contributed by atoms with E-state index in [-0.39, 0.29) is 22.9 Å². The largest absolute Gasteiger partial charge is 0.494 e. The fourth-order valence-corrected chi connectivity index (χ4v) is 2.56. The van der Waals surface area contributed by atoms with Gasteiger partial charge in [-0.25, -0.2) is 0 Å². The lowest BCUT2D eigenvalue weighted by molar-refractivity contribution is 0.0943. The number of nitrogens with zero attached hydrogens (tertiary/aromatic N) is 2. The van der Waals surface area contributed by atoms with E-state index in [0.29, 0.717) is 18.7 Å². The second kappa shape index (κ2) is 8.11. The average Bonchev–Trinajstić information content (AvgIpc) is 2.69. The smallest absolute Gasteiger partial charge is 0.275 e. The Bertz CT molecular complexity index is 938. The third kappa shape index (κ3) is 3.97. The van der Waals surface area contributed by atoms with Crippen LogP contribution in [0.25, 0.3) is 5.69 Å². The lowest BCUT2D eigenvalue weighted by Gasteiger charge is -2.11. The van der Waals surface area contributed by atoms with E-state index in [1.165, 1.54) is 17.9 Å². The SMILES string of the molecule is COc1cc(=O)n(-c2ccccc2)nc1C(=O)NCCc1ccccc1. The first-order valence-electron chi connectivity index (χ1n) is 8.25. The summed E-state index contributed by atoms with van der Waals surface area (Å²) in [5, 5.41) is 7.03. The highest BCUT2D eigenvalue weighted by molar-refractivity contribution is 5.94. The third-order valence-electron chi connectivity index (χ3n) is 3.87. The van der Waals surface area contributed by atoms with Crippen LogP contribution in [0, 0.1) is 0 Å². The van der Waals surface area contributed by atoms with Crippen LogP contribution in [0.15, 0.2) is 71.5 Å². The van der Waals surface area contributed by atoms with E-state index < -0.39 is 0 Å². The highest BCUT2D eigenvalue weighted by Gasteiger charge is 2.17. The van der Waals surface area contributed by atoms with Gasteiger partial charge in [-0.05, 0) is 24.1 Å². The van der Waals surface area contributed by atoms with Crippen molar-refractivity contribution < 1.29 is 9.53 Å². The summed E-state index contributed by atoms with van der Waals surface area (Å²) in [6.45, 7) is 0.456. The van der Waals surface area contributed by atoms with Crippen LogP contribution < -0.4 is 15.6 Å². The van der Waals surface area contributed by atoms with E-state index in [0.717, 1.165) is 5.56 Å². The molecule has 1 heterocycles. The minimum Gasteiger partial charge on any atom is -0.494 e. The summed E-state index contributed by atoms with van der Waals surface area (Å²) in [6.07, 6.45) is 0.702. The third-order valence-corrected chi connectivity index (χ3v) is 3.87. The van der Waals surface area contributed by atoms with Crippen molar-refractivity contribution in [2.75, 3.05) is 13.7 Å². The molecular formula is C20H19N3O3. The normalized spacial score (nSPS) is 10.3. The molecule has 6 nitrogen and oxygen atoms in total. The molecule has 6 heteroatoms. The van der Waals surface area contributed by atoms with Crippen molar-refractivity contribution in [3.63, 3.8) is 0 Å². The van der Waals surface area contributed by atoms with Gasteiger partial charge in [0, 0.05) is 6.54 Å². The zero-order valence-electron chi connectivity index (χ0n) is 14.4. The van der Waals surface area contributed by atoms with Crippen LogP contribution >= 0.6 is 0 Å². The molecule has 0 bridgehead atoms. The lowest BCUT2D eigenvalue weighted by Crippen LogP contribution is -2.31. The molecule has 3 aromatic rings. The summed E-state index contributed by atoms with van der Waals surface area (Å²) in [5.74, 6) is -0.234. The minimum absolute atomic E-state index is 0.0732. The summed E-state index contributed by atoms with van der Waals surface area (Å²) in [6, 6.07) is 20.1. The number of nitrogens with one attached hydrogen (secondary N) is 1. The minimum atomic E-state index is -0.387. The number of aromatic nitrogens is 2. The molecule has 0 fully saturated rings. The number of ether oxygens (including phenoxy) is 1. The van der Waals surface area contributed by atoms with E-state index in [9.17, 15) is 9.59 Å². The highest BCUT2D eigenvalue weighted by Crippen LogP contribution is 2.14. The summed E-state index contributed by atoms with van der Waals surface area (Å²) >= 11 is 0. The van der Waals surface area contributed by atoms with Crippen molar-refractivity contribution in [3.05, 3.63) is 88.3 Å². The Morgan fingerprint density at radius 1 is 1.08 bits per heavy atom. The second-order valence-electron chi connectivity index (χ2n) is 5.64. The fourth-order valence-electron chi connectivity index (χ4n) is 2.56. The maximum Gasteiger partial charge on any atom is 0.275 e. The van der Waals surface area contributed by atoms with Crippen molar-refractivity contribution >= 4 is 5.91 Å². The predicted octanol–water partition coefficient (Wildman–Crippen LogP) is 2.21. The molecule has 0 spiro atoms. The summed E-state index contributed by atoms with van der Waals surface area (Å²) in [7, 11) is 1.41. The van der Waals surface area contributed by atoms with Gasteiger partial charge in [-0.1, -0.05) is 48.5 Å². The van der Waals surface area contributed by atoms with Gasteiger partial charge in [-0.2, -0.15) is 9.78 Å². The van der Waals surface area contributed by atoms with Gasteiger partial charge < -0.3 is 10.1 Å². The molecular weight excluding hydrogens is 330 g/mol. The van der Waals surface area contributed by atoms with Crippen LogP contribution in [0.4, 0.5) is 0 Å². The number of carbonyl (C=O) groups excluding carboxylic acids is 1. The van der Waals surface area contributed by atoms with Gasteiger partial charge in [-0.3, -0.25) is 9.59 Å². The van der Waals surface area contributed by atoms with Gasteiger partial charge in [0.05, 0.1) is 18.9 Å². The highest BCUT2D eigenvalue weighted by atomic mass is 16.5. The van der Waals surface area contributed by atoms with E-state index in [1.807, 2.05) is 36.4 Å². The number of hydrogen-bond donors (Lipinski definition) is 1. The molecule has 0 aliphatic rings. The maximum atomic E-state index is 12.5. The van der Waals surface area contributed by atoms with Gasteiger partial charge in [0.15, 0.2) is 11.4 Å². The van der Waals surface area contributed by atoms with Crippen LogP contribution in [0.3, 0.4) is 0 Å². The predicted molar refractivity (Wildman–Crippen MR) is 98.9 cm³/mol. The lowest BCUT2D eigenvalue weighted by atomic mass is 10.1. The fraction of sp³-hybridized carbons (Fsp3) is 0.150. The van der Waals surface area contributed by atoms with Gasteiger partial charge in [0.25, 0.3) is 11.5 Å². The molecule has 2 aromatic carbocycles. The first-order chi connectivity index (χ1) is 12.7. The molecule has 0 aliphatic carbocycles. The zero-order valence-corrected chi connectivity index (χ0v) is 14.4. The topological polar surface area (TPSA) is 73.2 Å². The second-order valence-corrected chi connectivity index (χ2v) is 5.64. The molecule has 0 radical (unpaired) electrons. The van der Waals surface area contributed by atoms with Crippen molar-refractivity contribution in [1.29, 1.82) is 0 Å². The maximum absolute atomic E-state index is 12.5. The number of amides is 1. The molecule has 26 heavy (non-hydrogen) atoms. The first-order valence-corrected chi connectivity index (χ1v) is 8.25. The monoisotopic (exact) mass is 349 g/mol. The van der Waals surface area contributed by atoms with Gasteiger partial charge >= 0.3 is 0 Å². The molecule has 1 aromatic heterocycles. The Kier molecular flexibility index (Phi) is 5.43. The summed E-state index contributed by atoms with van der Waals surface area (Å²) < 4.78 is 6.36. The molecule has 1 amide bonds. The van der Waals surface area contributed by atoms with Gasteiger partial charge in [0.2, 0.25) is 0 Å². The first kappa shape index (κ1) is 17.4. The van der Waals surface area contributed by atoms with Crippen LogP contribution in [-0.2, 0) is 6.42 Å². The van der Waals surface area contributed by atoms with Crippen molar-refractivity contribution in [2.24, 2.45) is 0 Å². The Labute approximate surface area is 151 Å². The molecule has 1 N–H and O–H groups in total. The number of benzene rings is 2. The standard InChI is InChI=1S/C20H19N3O3/c1-26-17-14-18(24)23(16-10-6-3-7-11-16)22-19(17)20(25)21-13-12-15-8-4-2-5-9-15/h2-11,14H,12-13H2,1H3,(H,21,25). The zero-order chi connectivity index (χ0) is 18.4. The van der Waals surface area contributed by atoms with Crippen LogP contribution in [-0.4, -0.2) is 29.3 Å². The number of methoxy groups -OCH3 is 1. The Morgan fingerprint density at radius 2 is 1.73 bits per heavy atom. The van der Waals surface area contributed by atoms with Crippen molar-refractivity contribution in [1.82, 2.24) is 15.1 Å². The van der Waals surface area contributed by atoms with Crippen molar-refractivity contribution in [3.8, 4) is 11.4 Å². The Balaban J connectivity index is 1.81. The molecule has 132 valence electrons. The quantitative estimate of drug-likeness (QED) is 0.740. The van der Waals surface area contributed by atoms with Gasteiger partial charge in [-0.15, -0.1) is 0 Å². The summed E-state index contributed by atoms with van der Waals surface area (Å²) in [5.41, 5.74) is 1.42. The molecule has 3 rings (SSSR count). The van der Waals surface area contributed by atoms with Crippen molar-refractivity contribution in [2.45, 2.75) is 6.42 Å². The van der Waals surface area contributed by atoms with Crippen LogP contribution in [0.1, 0.15) is 16.1 Å². The van der Waals surface area contributed by atoms with Gasteiger partial charge in [0.1, 0.15) is 0 Å². The molecule has 0 saturated carbocycles. The molecule has 0 atom stereocenters. The molecule has 0 saturated heterocycles. The molecule has 0 aliphatic heterocycles. The Morgan fingerprint density at radius 3 is 2.38 bits per heavy atom. The summed E-state index contributed by atoms with van der Waals surface area (Å²) in [4.78, 5) is 24.8.